The number of rotatable bonds is 8. The van der Waals surface area contributed by atoms with Crippen LogP contribution in [0.3, 0.4) is 0 Å². The van der Waals surface area contributed by atoms with Crippen molar-refractivity contribution in [3.63, 3.8) is 0 Å². The summed E-state index contributed by atoms with van der Waals surface area (Å²) in [5.41, 5.74) is -0.0324. The maximum atomic E-state index is 13.5. The van der Waals surface area contributed by atoms with Crippen LogP contribution in [0.15, 0.2) is 48.5 Å². The van der Waals surface area contributed by atoms with Crippen LogP contribution in [0.1, 0.15) is 17.3 Å². The van der Waals surface area contributed by atoms with Gasteiger partial charge in [0.2, 0.25) is 0 Å². The Morgan fingerprint density at radius 2 is 1.62 bits per heavy atom. The van der Waals surface area contributed by atoms with Crippen molar-refractivity contribution in [2.45, 2.75) is 13.0 Å². The lowest BCUT2D eigenvalue weighted by Gasteiger charge is -2.15. The van der Waals surface area contributed by atoms with Gasteiger partial charge in [-0.05, 0) is 43.3 Å². The fourth-order valence-corrected chi connectivity index (χ4v) is 2.16. The first-order valence-corrected chi connectivity index (χ1v) is 8.12. The number of carbonyl (C=O) groups is 2. The van der Waals surface area contributed by atoms with E-state index in [4.69, 9.17) is 9.47 Å². The molecule has 0 spiro atoms. The number of methoxy groups -OCH3 is 1. The van der Waals surface area contributed by atoms with E-state index in [-0.39, 0.29) is 24.6 Å². The second-order valence-electron chi connectivity index (χ2n) is 5.46. The van der Waals surface area contributed by atoms with Crippen LogP contribution in [-0.2, 0) is 4.79 Å². The molecule has 2 aromatic carbocycles. The SMILES string of the molecule is COc1ccc(OC(C)C(=O)NCCNC(=O)c2ccccc2F)cc1. The molecule has 0 saturated carbocycles. The highest BCUT2D eigenvalue weighted by atomic mass is 19.1. The van der Waals surface area contributed by atoms with Gasteiger partial charge in [0.15, 0.2) is 6.10 Å². The van der Waals surface area contributed by atoms with Gasteiger partial charge in [0.25, 0.3) is 11.8 Å². The van der Waals surface area contributed by atoms with Crippen LogP contribution in [-0.4, -0.2) is 38.1 Å². The largest absolute Gasteiger partial charge is 0.497 e. The van der Waals surface area contributed by atoms with Crippen LogP contribution in [0.4, 0.5) is 4.39 Å². The van der Waals surface area contributed by atoms with E-state index in [9.17, 15) is 14.0 Å². The Morgan fingerprint density at radius 3 is 2.27 bits per heavy atom. The third-order valence-electron chi connectivity index (χ3n) is 3.57. The summed E-state index contributed by atoms with van der Waals surface area (Å²) in [7, 11) is 1.57. The zero-order chi connectivity index (χ0) is 18.9. The van der Waals surface area contributed by atoms with Gasteiger partial charge in [-0.2, -0.15) is 0 Å². The standard InChI is InChI=1S/C19H21FN2O4/c1-13(26-15-9-7-14(25-2)8-10-15)18(23)21-11-12-22-19(24)16-5-3-4-6-17(16)20/h3-10,13H,11-12H2,1-2H3,(H,21,23)(H,22,24). The number of carbonyl (C=O) groups excluding carboxylic acids is 2. The minimum atomic E-state index is -0.703. The van der Waals surface area contributed by atoms with E-state index >= 15 is 0 Å². The summed E-state index contributed by atoms with van der Waals surface area (Å²) in [6.07, 6.45) is -0.703. The van der Waals surface area contributed by atoms with Crippen molar-refractivity contribution in [1.29, 1.82) is 0 Å². The lowest BCUT2D eigenvalue weighted by atomic mass is 10.2. The second kappa shape index (κ2) is 9.41. The fraction of sp³-hybridized carbons (Fsp3) is 0.263. The summed E-state index contributed by atoms with van der Waals surface area (Å²) in [4.78, 5) is 23.8. The minimum Gasteiger partial charge on any atom is -0.497 e. The van der Waals surface area contributed by atoms with E-state index in [1.165, 1.54) is 18.2 Å². The predicted molar refractivity (Wildman–Crippen MR) is 94.8 cm³/mol. The van der Waals surface area contributed by atoms with Gasteiger partial charge in [-0.25, -0.2) is 4.39 Å². The van der Waals surface area contributed by atoms with E-state index in [0.29, 0.717) is 11.5 Å². The van der Waals surface area contributed by atoms with Gasteiger partial charge in [-0.1, -0.05) is 12.1 Å². The van der Waals surface area contributed by atoms with Crippen molar-refractivity contribution >= 4 is 11.8 Å². The number of benzene rings is 2. The molecule has 0 aromatic heterocycles. The summed E-state index contributed by atoms with van der Waals surface area (Å²) < 4.78 is 24.1. The maximum Gasteiger partial charge on any atom is 0.260 e. The number of hydrogen-bond donors (Lipinski definition) is 2. The molecule has 6 nitrogen and oxygen atoms in total. The molecule has 0 bridgehead atoms. The molecule has 7 heteroatoms. The molecule has 2 aromatic rings. The normalized spacial score (nSPS) is 11.3. The van der Waals surface area contributed by atoms with Crippen LogP contribution in [0.25, 0.3) is 0 Å². The van der Waals surface area contributed by atoms with Crippen molar-refractivity contribution in [3.8, 4) is 11.5 Å². The third kappa shape index (κ3) is 5.47. The van der Waals surface area contributed by atoms with E-state index < -0.39 is 17.8 Å². The Kier molecular flexibility index (Phi) is 6.96. The monoisotopic (exact) mass is 360 g/mol. The molecule has 2 N–H and O–H groups in total. The number of amides is 2. The zero-order valence-corrected chi connectivity index (χ0v) is 14.6. The molecule has 0 aliphatic rings. The number of halogens is 1. The highest BCUT2D eigenvalue weighted by Crippen LogP contribution is 2.18. The topological polar surface area (TPSA) is 76.7 Å². The molecule has 26 heavy (non-hydrogen) atoms. The van der Waals surface area contributed by atoms with Gasteiger partial charge in [0.05, 0.1) is 12.7 Å². The Labute approximate surface area is 151 Å². The van der Waals surface area contributed by atoms with Crippen LogP contribution in [0.2, 0.25) is 0 Å². The van der Waals surface area contributed by atoms with E-state index in [0.717, 1.165) is 0 Å². The smallest absolute Gasteiger partial charge is 0.260 e. The Hall–Kier alpha value is -3.09. The highest BCUT2D eigenvalue weighted by Gasteiger charge is 2.15. The van der Waals surface area contributed by atoms with Crippen LogP contribution < -0.4 is 20.1 Å². The van der Waals surface area contributed by atoms with E-state index in [1.807, 2.05) is 0 Å². The minimum absolute atomic E-state index is 0.0324. The van der Waals surface area contributed by atoms with E-state index in [1.54, 1.807) is 44.4 Å². The first kappa shape index (κ1) is 19.2. The van der Waals surface area contributed by atoms with Crippen molar-refractivity contribution in [2.75, 3.05) is 20.2 Å². The molecule has 0 fully saturated rings. The van der Waals surface area contributed by atoms with Crippen LogP contribution in [0, 0.1) is 5.82 Å². The maximum absolute atomic E-state index is 13.5. The molecule has 0 saturated heterocycles. The van der Waals surface area contributed by atoms with Gasteiger partial charge in [0.1, 0.15) is 17.3 Å². The predicted octanol–water partition coefficient (Wildman–Crippen LogP) is 2.15. The first-order valence-electron chi connectivity index (χ1n) is 8.12. The Morgan fingerprint density at radius 1 is 1.00 bits per heavy atom. The molecule has 1 atom stereocenters. The fourth-order valence-electron chi connectivity index (χ4n) is 2.16. The number of nitrogens with one attached hydrogen (secondary N) is 2. The molecule has 0 radical (unpaired) electrons. The molecule has 2 rings (SSSR count). The average Bonchev–Trinajstić information content (AvgIpc) is 2.65. The molecular weight excluding hydrogens is 339 g/mol. The van der Waals surface area contributed by atoms with Crippen LogP contribution in [0.5, 0.6) is 11.5 Å². The number of ether oxygens (including phenoxy) is 2. The Bertz CT molecular complexity index is 749. The molecule has 0 aliphatic carbocycles. The summed E-state index contributed by atoms with van der Waals surface area (Å²) in [5.74, 6) is -0.197. The first-order chi connectivity index (χ1) is 12.5. The quantitative estimate of drug-likeness (QED) is 0.707. The zero-order valence-electron chi connectivity index (χ0n) is 14.6. The lowest BCUT2D eigenvalue weighted by Crippen LogP contribution is -2.40. The molecule has 0 aliphatic heterocycles. The lowest BCUT2D eigenvalue weighted by molar-refractivity contribution is -0.127. The summed E-state index contributed by atoms with van der Waals surface area (Å²) in [5, 5.41) is 5.20. The van der Waals surface area contributed by atoms with Gasteiger partial charge in [-0.15, -0.1) is 0 Å². The molecular formula is C19H21FN2O4. The summed E-state index contributed by atoms with van der Waals surface area (Å²) in [6.45, 7) is 2.00. The second-order valence-corrected chi connectivity index (χ2v) is 5.46. The molecule has 2 amide bonds. The molecule has 138 valence electrons. The molecule has 0 heterocycles. The van der Waals surface area contributed by atoms with Crippen LogP contribution >= 0.6 is 0 Å². The van der Waals surface area contributed by atoms with Crippen molar-refractivity contribution in [2.24, 2.45) is 0 Å². The average molecular weight is 360 g/mol. The summed E-state index contributed by atoms with van der Waals surface area (Å²) >= 11 is 0. The number of hydrogen-bond acceptors (Lipinski definition) is 4. The van der Waals surface area contributed by atoms with E-state index in [2.05, 4.69) is 10.6 Å². The van der Waals surface area contributed by atoms with Gasteiger partial charge in [0, 0.05) is 13.1 Å². The Balaban J connectivity index is 1.72. The van der Waals surface area contributed by atoms with Crippen molar-refractivity contribution in [1.82, 2.24) is 10.6 Å². The highest BCUT2D eigenvalue weighted by molar-refractivity contribution is 5.94. The van der Waals surface area contributed by atoms with Crippen molar-refractivity contribution in [3.05, 3.63) is 59.9 Å². The van der Waals surface area contributed by atoms with Gasteiger partial charge < -0.3 is 20.1 Å². The molecule has 1 unspecified atom stereocenters. The van der Waals surface area contributed by atoms with Crippen molar-refractivity contribution < 1.29 is 23.5 Å². The third-order valence-corrected chi connectivity index (χ3v) is 3.57. The summed E-state index contributed by atoms with van der Waals surface area (Å²) in [6, 6.07) is 12.6. The van der Waals surface area contributed by atoms with Gasteiger partial charge in [-0.3, -0.25) is 9.59 Å². The van der Waals surface area contributed by atoms with Gasteiger partial charge >= 0.3 is 0 Å².